The molecule has 1 atom stereocenters. The van der Waals surface area contributed by atoms with Gasteiger partial charge in [-0.15, -0.1) is 0 Å². The summed E-state index contributed by atoms with van der Waals surface area (Å²) in [6.45, 7) is 0.735. The minimum absolute atomic E-state index is 0.0177. The van der Waals surface area contributed by atoms with Gasteiger partial charge in [0.15, 0.2) is 11.9 Å². The van der Waals surface area contributed by atoms with Crippen molar-refractivity contribution in [2.24, 2.45) is 5.73 Å². The molecule has 96 valence electrons. The summed E-state index contributed by atoms with van der Waals surface area (Å²) in [5.41, 5.74) is 5.34. The number of nitrogens with zero attached hydrogens (tertiary/aromatic N) is 3. The Morgan fingerprint density at radius 1 is 1.47 bits per heavy atom. The third-order valence-corrected chi connectivity index (χ3v) is 2.65. The van der Waals surface area contributed by atoms with E-state index in [4.69, 9.17) is 5.73 Å². The Kier molecular flexibility index (Phi) is 3.23. The number of hydrogen-bond acceptors (Lipinski definition) is 4. The lowest BCUT2D eigenvalue weighted by atomic mass is 10.2. The second-order valence-corrected chi connectivity index (χ2v) is 3.96. The van der Waals surface area contributed by atoms with Crippen LogP contribution in [0.4, 0.5) is 19.1 Å². The van der Waals surface area contributed by atoms with Crippen molar-refractivity contribution in [3.8, 4) is 0 Å². The topological polar surface area (TPSA) is 68.8 Å². The van der Waals surface area contributed by atoms with Crippen LogP contribution in [0.1, 0.15) is 24.7 Å². The van der Waals surface area contributed by atoms with Crippen molar-refractivity contribution in [3.63, 3.8) is 0 Å². The zero-order valence-electron chi connectivity index (χ0n) is 9.17. The highest BCUT2D eigenvalue weighted by atomic mass is 19.4. The number of anilines is 1. The molecule has 2 rings (SSSR count). The first kappa shape index (κ1) is 12.2. The lowest BCUT2D eigenvalue weighted by molar-refractivity contribution is -0.171. The molecule has 5 nitrogen and oxygen atoms in total. The molecular formula is C9H14F3N5. The molecule has 3 N–H and O–H groups in total. The van der Waals surface area contributed by atoms with Crippen LogP contribution in [0.2, 0.25) is 0 Å². The normalized spacial score (nSPS) is 19.9. The monoisotopic (exact) mass is 249 g/mol. The summed E-state index contributed by atoms with van der Waals surface area (Å²) in [6, 6.07) is -1.57. The molecule has 1 unspecified atom stereocenters. The van der Waals surface area contributed by atoms with E-state index in [1.165, 1.54) is 0 Å². The number of nitrogens with one attached hydrogen (secondary N) is 1. The van der Waals surface area contributed by atoms with Crippen molar-refractivity contribution in [1.82, 2.24) is 14.8 Å². The molecular weight excluding hydrogens is 235 g/mol. The van der Waals surface area contributed by atoms with E-state index < -0.39 is 12.2 Å². The highest BCUT2D eigenvalue weighted by molar-refractivity contribution is 5.28. The van der Waals surface area contributed by atoms with Crippen LogP contribution < -0.4 is 11.1 Å². The van der Waals surface area contributed by atoms with Crippen LogP contribution in [0, 0.1) is 0 Å². The van der Waals surface area contributed by atoms with Crippen LogP contribution in [0.15, 0.2) is 0 Å². The Morgan fingerprint density at radius 3 is 2.88 bits per heavy atom. The second kappa shape index (κ2) is 4.52. The molecule has 1 aromatic rings. The summed E-state index contributed by atoms with van der Waals surface area (Å²) < 4.78 is 39.2. The summed E-state index contributed by atoms with van der Waals surface area (Å²) in [7, 11) is 0. The third-order valence-electron chi connectivity index (χ3n) is 2.65. The zero-order chi connectivity index (χ0) is 12.5. The van der Waals surface area contributed by atoms with Crippen molar-refractivity contribution >= 4 is 5.95 Å². The summed E-state index contributed by atoms with van der Waals surface area (Å²) in [5, 5.41) is 6.72. The number of rotatable bonds is 3. The van der Waals surface area contributed by atoms with E-state index in [9.17, 15) is 13.2 Å². The first-order valence-corrected chi connectivity index (χ1v) is 5.48. The average molecular weight is 249 g/mol. The molecule has 1 aliphatic rings. The van der Waals surface area contributed by atoms with Crippen LogP contribution in [-0.2, 0) is 6.42 Å². The molecule has 0 spiro atoms. The molecule has 0 fully saturated rings. The first-order valence-electron chi connectivity index (χ1n) is 5.48. The highest BCUT2D eigenvalue weighted by Gasteiger charge is 2.44. The maximum atomic E-state index is 12.7. The third kappa shape index (κ3) is 2.51. The number of nitrogens with two attached hydrogens (primary N) is 1. The van der Waals surface area contributed by atoms with Crippen molar-refractivity contribution in [3.05, 3.63) is 5.82 Å². The molecule has 1 aliphatic heterocycles. The number of fused-ring (bicyclic) bond motifs is 1. The fourth-order valence-corrected chi connectivity index (χ4v) is 1.82. The van der Waals surface area contributed by atoms with E-state index in [1.54, 1.807) is 0 Å². The van der Waals surface area contributed by atoms with E-state index in [0.29, 0.717) is 25.2 Å². The van der Waals surface area contributed by atoms with Crippen molar-refractivity contribution in [2.75, 3.05) is 18.4 Å². The molecule has 0 bridgehead atoms. The molecule has 0 aromatic carbocycles. The Balaban J connectivity index is 2.22. The first-order chi connectivity index (χ1) is 8.02. The molecule has 0 saturated heterocycles. The van der Waals surface area contributed by atoms with Gasteiger partial charge in [-0.05, 0) is 19.4 Å². The fraction of sp³-hybridized carbons (Fsp3) is 0.778. The Morgan fingerprint density at radius 2 is 2.24 bits per heavy atom. The number of halogens is 3. The molecule has 17 heavy (non-hydrogen) atoms. The van der Waals surface area contributed by atoms with E-state index in [2.05, 4.69) is 15.4 Å². The quantitative estimate of drug-likeness (QED) is 0.841. The van der Waals surface area contributed by atoms with Gasteiger partial charge < -0.3 is 11.1 Å². The van der Waals surface area contributed by atoms with E-state index in [0.717, 1.165) is 4.68 Å². The molecule has 0 saturated carbocycles. The fourth-order valence-electron chi connectivity index (χ4n) is 1.82. The van der Waals surface area contributed by atoms with Crippen molar-refractivity contribution in [2.45, 2.75) is 31.5 Å². The van der Waals surface area contributed by atoms with Gasteiger partial charge in [-0.1, -0.05) is 0 Å². The lowest BCUT2D eigenvalue weighted by Crippen LogP contribution is -2.34. The van der Waals surface area contributed by atoms with Gasteiger partial charge in [-0.25, -0.2) is 4.68 Å². The molecule has 0 amide bonds. The highest BCUT2D eigenvalue weighted by Crippen LogP contribution is 2.36. The summed E-state index contributed by atoms with van der Waals surface area (Å²) >= 11 is 0. The lowest BCUT2D eigenvalue weighted by Gasteiger charge is -2.25. The summed E-state index contributed by atoms with van der Waals surface area (Å²) in [4.78, 5) is 4.04. The molecule has 0 aliphatic carbocycles. The van der Waals surface area contributed by atoms with Crippen LogP contribution in [0.25, 0.3) is 0 Å². The van der Waals surface area contributed by atoms with Gasteiger partial charge >= 0.3 is 6.18 Å². The van der Waals surface area contributed by atoms with Crippen molar-refractivity contribution in [1.29, 1.82) is 0 Å². The van der Waals surface area contributed by atoms with Gasteiger partial charge in [0, 0.05) is 13.0 Å². The second-order valence-electron chi connectivity index (χ2n) is 3.96. The van der Waals surface area contributed by atoms with Gasteiger partial charge in [0.2, 0.25) is 5.95 Å². The van der Waals surface area contributed by atoms with Crippen LogP contribution in [0.5, 0.6) is 0 Å². The van der Waals surface area contributed by atoms with Gasteiger partial charge in [0.1, 0.15) is 0 Å². The zero-order valence-corrected chi connectivity index (χ0v) is 9.17. The summed E-state index contributed by atoms with van der Waals surface area (Å²) in [6.07, 6.45) is -3.13. The predicted molar refractivity (Wildman–Crippen MR) is 55.6 cm³/mol. The number of hydrogen-bond donors (Lipinski definition) is 2. The van der Waals surface area contributed by atoms with E-state index in [-0.39, 0.29) is 18.9 Å². The molecule has 0 radical (unpaired) electrons. The Hall–Kier alpha value is -1.31. The predicted octanol–water partition coefficient (Wildman–Crippen LogP) is 1.09. The van der Waals surface area contributed by atoms with Gasteiger partial charge in [0.05, 0.1) is 0 Å². The van der Waals surface area contributed by atoms with Crippen LogP contribution in [0.3, 0.4) is 0 Å². The standard InChI is InChI=1S/C9H14F3N5/c10-9(11,12)6-3-5-14-8-15-7(2-1-4-13)16-17(6)8/h6H,1-5,13H2,(H,14,15,16). The van der Waals surface area contributed by atoms with Gasteiger partial charge in [-0.2, -0.15) is 23.3 Å². The number of alkyl halides is 3. The minimum atomic E-state index is -4.28. The van der Waals surface area contributed by atoms with Crippen LogP contribution >= 0.6 is 0 Å². The molecule has 8 heteroatoms. The van der Waals surface area contributed by atoms with Gasteiger partial charge in [-0.3, -0.25) is 0 Å². The summed E-state index contributed by atoms with van der Waals surface area (Å²) in [5.74, 6) is 0.611. The van der Waals surface area contributed by atoms with Gasteiger partial charge in [0.25, 0.3) is 0 Å². The molecule has 2 heterocycles. The largest absolute Gasteiger partial charge is 0.411 e. The van der Waals surface area contributed by atoms with E-state index in [1.807, 2.05) is 0 Å². The Bertz CT molecular complexity index is 386. The Labute approximate surface area is 96.2 Å². The maximum Gasteiger partial charge on any atom is 0.411 e. The smallest absolute Gasteiger partial charge is 0.354 e. The maximum absolute atomic E-state index is 12.7. The average Bonchev–Trinajstić information content (AvgIpc) is 2.66. The number of aromatic nitrogens is 3. The SMILES string of the molecule is NCCCc1nc2n(n1)C(C(F)(F)F)CCN2. The van der Waals surface area contributed by atoms with Crippen molar-refractivity contribution < 1.29 is 13.2 Å². The van der Waals surface area contributed by atoms with Crippen LogP contribution in [-0.4, -0.2) is 34.0 Å². The number of aryl methyl sites for hydroxylation is 1. The minimum Gasteiger partial charge on any atom is -0.354 e. The molecule has 1 aromatic heterocycles. The van der Waals surface area contributed by atoms with E-state index >= 15 is 0 Å².